The fourth-order valence-electron chi connectivity index (χ4n) is 1.80. The highest BCUT2D eigenvalue weighted by Gasteiger charge is 2.18. The summed E-state index contributed by atoms with van der Waals surface area (Å²) >= 11 is 8.76. The molecule has 6 heteroatoms. The van der Waals surface area contributed by atoms with Gasteiger partial charge in [-0.1, -0.05) is 12.2 Å². The average molecular weight is 332 g/mol. The van der Waals surface area contributed by atoms with Crippen molar-refractivity contribution in [3.63, 3.8) is 0 Å². The summed E-state index contributed by atoms with van der Waals surface area (Å²) in [6.07, 6.45) is 0. The number of halogens is 1. The van der Waals surface area contributed by atoms with E-state index in [1.165, 1.54) is 7.11 Å². The lowest BCUT2D eigenvalue weighted by Crippen LogP contribution is -2.40. The number of methoxy groups -OCH3 is 1. The number of aromatic hydroxyl groups is 1. The molecule has 0 saturated carbocycles. The molecule has 0 atom stereocenters. The molecule has 1 fully saturated rings. The van der Waals surface area contributed by atoms with Crippen molar-refractivity contribution in [1.29, 1.82) is 0 Å². The smallest absolute Gasteiger partial charge is 0.172 e. The third-order valence-electron chi connectivity index (χ3n) is 2.79. The second kappa shape index (κ2) is 5.86. The zero-order chi connectivity index (χ0) is 13.1. The lowest BCUT2D eigenvalue weighted by Gasteiger charge is -2.29. The largest absolute Gasteiger partial charge is 0.503 e. The number of hydrogen-bond acceptors (Lipinski definition) is 4. The Balaban J connectivity index is 2.27. The van der Waals surface area contributed by atoms with Gasteiger partial charge in [-0.2, -0.15) is 0 Å². The Hall–Kier alpha value is -0.850. The third kappa shape index (κ3) is 2.76. The summed E-state index contributed by atoms with van der Waals surface area (Å²) in [5, 5.41) is 9.77. The number of benzene rings is 1. The van der Waals surface area contributed by atoms with Gasteiger partial charge in [-0.05, 0) is 28.1 Å². The molecule has 1 aromatic carbocycles. The molecule has 98 valence electrons. The number of phenols is 1. The predicted octanol–water partition coefficient (Wildman–Crippen LogP) is 2.17. The van der Waals surface area contributed by atoms with E-state index in [0.29, 0.717) is 23.4 Å². The fourth-order valence-corrected chi connectivity index (χ4v) is 2.54. The van der Waals surface area contributed by atoms with Crippen LogP contribution in [-0.2, 0) is 4.74 Å². The highest BCUT2D eigenvalue weighted by Crippen LogP contribution is 2.35. The number of phenolic OH excluding ortho intramolecular Hbond substituents is 1. The Morgan fingerprint density at radius 2 is 2.11 bits per heavy atom. The Labute approximate surface area is 120 Å². The van der Waals surface area contributed by atoms with E-state index in [9.17, 15) is 5.11 Å². The monoisotopic (exact) mass is 331 g/mol. The van der Waals surface area contributed by atoms with E-state index in [-0.39, 0.29) is 5.75 Å². The van der Waals surface area contributed by atoms with Gasteiger partial charge in [0, 0.05) is 18.7 Å². The predicted molar refractivity (Wildman–Crippen MR) is 76.5 cm³/mol. The van der Waals surface area contributed by atoms with Crippen molar-refractivity contribution in [3.8, 4) is 11.5 Å². The van der Waals surface area contributed by atoms with Crippen LogP contribution in [0.3, 0.4) is 0 Å². The van der Waals surface area contributed by atoms with Crippen LogP contribution in [-0.4, -0.2) is 48.4 Å². The van der Waals surface area contributed by atoms with E-state index < -0.39 is 0 Å². The molecule has 0 bridgehead atoms. The summed E-state index contributed by atoms with van der Waals surface area (Å²) in [7, 11) is 1.52. The van der Waals surface area contributed by atoms with Crippen LogP contribution in [0.5, 0.6) is 11.5 Å². The first-order valence-electron chi connectivity index (χ1n) is 5.57. The minimum Gasteiger partial charge on any atom is -0.503 e. The van der Waals surface area contributed by atoms with Gasteiger partial charge in [-0.3, -0.25) is 0 Å². The van der Waals surface area contributed by atoms with Crippen LogP contribution in [0.25, 0.3) is 0 Å². The van der Waals surface area contributed by atoms with E-state index in [2.05, 4.69) is 20.8 Å². The van der Waals surface area contributed by atoms with Crippen LogP contribution >= 0.6 is 28.1 Å². The van der Waals surface area contributed by atoms with E-state index >= 15 is 0 Å². The maximum Gasteiger partial charge on any atom is 0.172 e. The number of nitrogens with zero attached hydrogens (tertiary/aromatic N) is 1. The molecule has 0 amide bonds. The molecule has 18 heavy (non-hydrogen) atoms. The number of rotatable bonds is 2. The average Bonchev–Trinajstić information content (AvgIpc) is 2.42. The van der Waals surface area contributed by atoms with Gasteiger partial charge in [-0.15, -0.1) is 0 Å². The quantitative estimate of drug-likeness (QED) is 0.841. The van der Waals surface area contributed by atoms with Crippen molar-refractivity contribution < 1.29 is 14.6 Å². The summed E-state index contributed by atoms with van der Waals surface area (Å²) < 4.78 is 11.0. The Morgan fingerprint density at radius 3 is 2.72 bits per heavy atom. The van der Waals surface area contributed by atoms with E-state index in [1.807, 2.05) is 0 Å². The second-order valence-electron chi connectivity index (χ2n) is 3.91. The zero-order valence-electron chi connectivity index (χ0n) is 9.98. The van der Waals surface area contributed by atoms with Crippen molar-refractivity contribution in [2.75, 3.05) is 33.4 Å². The van der Waals surface area contributed by atoms with Crippen LogP contribution in [0.4, 0.5) is 0 Å². The van der Waals surface area contributed by atoms with Crippen molar-refractivity contribution in [2.45, 2.75) is 0 Å². The molecule has 1 aliphatic rings. The van der Waals surface area contributed by atoms with Gasteiger partial charge in [0.2, 0.25) is 0 Å². The Bertz CT molecular complexity index is 461. The van der Waals surface area contributed by atoms with Gasteiger partial charge < -0.3 is 19.5 Å². The highest BCUT2D eigenvalue weighted by molar-refractivity contribution is 9.10. The Kier molecular flexibility index (Phi) is 4.42. The lowest BCUT2D eigenvalue weighted by atomic mass is 10.2. The fraction of sp³-hybridized carbons (Fsp3) is 0.417. The topological polar surface area (TPSA) is 41.9 Å². The van der Waals surface area contributed by atoms with E-state index in [0.717, 1.165) is 23.6 Å². The molecule has 1 aliphatic heterocycles. The van der Waals surface area contributed by atoms with Gasteiger partial charge in [0.25, 0.3) is 0 Å². The van der Waals surface area contributed by atoms with Crippen LogP contribution < -0.4 is 4.74 Å². The molecule has 0 aliphatic carbocycles. The number of thiocarbonyl (C=S) groups is 1. The van der Waals surface area contributed by atoms with Crippen LogP contribution in [0.1, 0.15) is 5.56 Å². The van der Waals surface area contributed by atoms with Gasteiger partial charge in [0.1, 0.15) is 4.99 Å². The molecule has 4 nitrogen and oxygen atoms in total. The second-order valence-corrected chi connectivity index (χ2v) is 5.15. The lowest BCUT2D eigenvalue weighted by molar-refractivity contribution is 0.0693. The minimum absolute atomic E-state index is 0.0889. The van der Waals surface area contributed by atoms with E-state index in [1.54, 1.807) is 12.1 Å². The summed E-state index contributed by atoms with van der Waals surface area (Å²) in [6.45, 7) is 2.96. The first kappa shape index (κ1) is 13.6. The molecular formula is C12H14BrNO3S. The minimum atomic E-state index is 0.0889. The molecule has 1 heterocycles. The maximum atomic E-state index is 9.77. The molecule has 0 spiro atoms. The molecule has 0 aromatic heterocycles. The number of morpholine rings is 1. The van der Waals surface area contributed by atoms with Crippen LogP contribution in [0.15, 0.2) is 16.6 Å². The SMILES string of the molecule is COc1cc(C(=S)N2CCOCC2)cc(Br)c1O. The summed E-state index contributed by atoms with van der Waals surface area (Å²) in [5.41, 5.74) is 0.855. The molecule has 1 saturated heterocycles. The van der Waals surface area contributed by atoms with Crippen molar-refractivity contribution in [1.82, 2.24) is 4.90 Å². The van der Waals surface area contributed by atoms with Crippen LogP contribution in [0, 0.1) is 0 Å². The van der Waals surface area contributed by atoms with Gasteiger partial charge in [0.05, 0.1) is 24.8 Å². The van der Waals surface area contributed by atoms with E-state index in [4.69, 9.17) is 21.7 Å². The summed E-state index contributed by atoms with van der Waals surface area (Å²) in [6, 6.07) is 3.55. The summed E-state index contributed by atoms with van der Waals surface area (Å²) in [5.74, 6) is 0.501. The van der Waals surface area contributed by atoms with Crippen molar-refractivity contribution in [2.24, 2.45) is 0 Å². The molecule has 2 rings (SSSR count). The zero-order valence-corrected chi connectivity index (χ0v) is 12.4. The van der Waals surface area contributed by atoms with Crippen molar-refractivity contribution >= 4 is 33.1 Å². The summed E-state index contributed by atoms with van der Waals surface area (Å²) in [4.78, 5) is 2.84. The normalized spacial score (nSPS) is 15.6. The molecule has 0 unspecified atom stereocenters. The molecule has 1 aromatic rings. The third-order valence-corrected chi connectivity index (χ3v) is 3.89. The Morgan fingerprint density at radius 1 is 1.44 bits per heavy atom. The molecular weight excluding hydrogens is 318 g/mol. The van der Waals surface area contributed by atoms with Gasteiger partial charge in [0.15, 0.2) is 11.5 Å². The molecule has 0 radical (unpaired) electrons. The standard InChI is InChI=1S/C12H14BrNO3S/c1-16-10-7-8(6-9(13)11(10)15)12(18)14-2-4-17-5-3-14/h6-7,15H,2-5H2,1H3. The van der Waals surface area contributed by atoms with Gasteiger partial charge in [-0.25, -0.2) is 0 Å². The number of ether oxygens (including phenoxy) is 2. The van der Waals surface area contributed by atoms with Crippen molar-refractivity contribution in [3.05, 3.63) is 22.2 Å². The first-order valence-corrected chi connectivity index (χ1v) is 6.77. The first-order chi connectivity index (χ1) is 8.63. The molecule has 1 N–H and O–H groups in total. The highest BCUT2D eigenvalue weighted by atomic mass is 79.9. The number of hydrogen-bond donors (Lipinski definition) is 1. The maximum absolute atomic E-state index is 9.77. The van der Waals surface area contributed by atoms with Crippen LogP contribution in [0.2, 0.25) is 0 Å². The van der Waals surface area contributed by atoms with Gasteiger partial charge >= 0.3 is 0 Å².